The van der Waals surface area contributed by atoms with Crippen LogP contribution in [0.25, 0.3) is 0 Å². The summed E-state index contributed by atoms with van der Waals surface area (Å²) in [7, 11) is 0. The van der Waals surface area contributed by atoms with E-state index in [0.29, 0.717) is 10.6 Å². The van der Waals surface area contributed by atoms with E-state index in [1.807, 2.05) is 0 Å². The molecule has 1 rings (SSSR count). The first-order valence-corrected chi connectivity index (χ1v) is 6.27. The predicted octanol–water partition coefficient (Wildman–Crippen LogP) is 2.84. The highest BCUT2D eigenvalue weighted by Crippen LogP contribution is 2.24. The van der Waals surface area contributed by atoms with E-state index in [1.165, 1.54) is 30.0 Å². The molecule has 0 spiro atoms. The standard InChI is InChI=1S/C12H13NO4S/c1-3-6-17-12(16)13-8-4-5-9(11(14)15)10(7-8)18-2/h3-5,7H,1,6H2,2H3,(H,13,16)(H,14,15). The minimum absolute atomic E-state index is 0.119. The van der Waals surface area contributed by atoms with Gasteiger partial charge in [0, 0.05) is 10.6 Å². The van der Waals surface area contributed by atoms with E-state index in [-0.39, 0.29) is 12.2 Å². The van der Waals surface area contributed by atoms with Crippen LogP contribution in [0.3, 0.4) is 0 Å². The number of thioether (sulfide) groups is 1. The highest BCUT2D eigenvalue weighted by atomic mass is 32.2. The van der Waals surface area contributed by atoms with Crippen LogP contribution in [0.2, 0.25) is 0 Å². The predicted molar refractivity (Wildman–Crippen MR) is 70.4 cm³/mol. The van der Waals surface area contributed by atoms with E-state index >= 15 is 0 Å². The monoisotopic (exact) mass is 267 g/mol. The number of hydrogen-bond acceptors (Lipinski definition) is 4. The van der Waals surface area contributed by atoms with Crippen LogP contribution in [0, 0.1) is 0 Å². The van der Waals surface area contributed by atoms with Crippen molar-refractivity contribution in [3.8, 4) is 0 Å². The van der Waals surface area contributed by atoms with Crippen molar-refractivity contribution in [2.24, 2.45) is 0 Å². The molecule has 0 aromatic heterocycles. The van der Waals surface area contributed by atoms with Crippen molar-refractivity contribution < 1.29 is 19.4 Å². The zero-order valence-electron chi connectivity index (χ0n) is 9.80. The highest BCUT2D eigenvalue weighted by molar-refractivity contribution is 7.98. The lowest BCUT2D eigenvalue weighted by atomic mass is 10.2. The number of benzene rings is 1. The summed E-state index contributed by atoms with van der Waals surface area (Å²) in [6.45, 7) is 3.54. The number of ether oxygens (including phenoxy) is 1. The number of carbonyl (C=O) groups is 2. The maximum absolute atomic E-state index is 11.3. The second-order valence-electron chi connectivity index (χ2n) is 3.23. The maximum Gasteiger partial charge on any atom is 0.411 e. The maximum atomic E-state index is 11.3. The smallest absolute Gasteiger partial charge is 0.411 e. The topological polar surface area (TPSA) is 75.6 Å². The van der Waals surface area contributed by atoms with Crippen molar-refractivity contribution in [2.45, 2.75) is 4.90 Å². The van der Waals surface area contributed by atoms with Crippen LogP contribution < -0.4 is 5.32 Å². The van der Waals surface area contributed by atoms with E-state index in [0.717, 1.165) is 0 Å². The molecule has 0 radical (unpaired) electrons. The Balaban J connectivity index is 2.82. The minimum Gasteiger partial charge on any atom is -0.478 e. The largest absolute Gasteiger partial charge is 0.478 e. The summed E-state index contributed by atoms with van der Waals surface area (Å²) >= 11 is 1.29. The van der Waals surface area contributed by atoms with Gasteiger partial charge in [0.15, 0.2) is 0 Å². The Morgan fingerprint density at radius 1 is 1.56 bits per heavy atom. The number of carboxylic acids is 1. The Morgan fingerprint density at radius 2 is 2.28 bits per heavy atom. The van der Waals surface area contributed by atoms with Gasteiger partial charge in [-0.1, -0.05) is 12.7 Å². The van der Waals surface area contributed by atoms with E-state index in [1.54, 1.807) is 12.3 Å². The van der Waals surface area contributed by atoms with Crippen molar-refractivity contribution in [1.29, 1.82) is 0 Å². The van der Waals surface area contributed by atoms with Crippen LogP contribution in [0.15, 0.2) is 35.7 Å². The zero-order chi connectivity index (χ0) is 13.5. The SMILES string of the molecule is C=CCOC(=O)Nc1ccc(C(=O)O)c(SC)c1. The van der Waals surface area contributed by atoms with Gasteiger partial charge in [0.05, 0.1) is 5.56 Å². The van der Waals surface area contributed by atoms with Gasteiger partial charge in [-0.25, -0.2) is 9.59 Å². The lowest BCUT2D eigenvalue weighted by Crippen LogP contribution is -2.13. The molecule has 0 heterocycles. The number of rotatable bonds is 5. The summed E-state index contributed by atoms with van der Waals surface area (Å²) in [5.74, 6) is -1.000. The van der Waals surface area contributed by atoms with Crippen LogP contribution in [-0.4, -0.2) is 30.0 Å². The van der Waals surface area contributed by atoms with Crippen LogP contribution in [0.1, 0.15) is 10.4 Å². The van der Waals surface area contributed by atoms with Gasteiger partial charge in [-0.15, -0.1) is 11.8 Å². The lowest BCUT2D eigenvalue weighted by molar-refractivity contribution is 0.0693. The summed E-state index contributed by atoms with van der Waals surface area (Å²) < 4.78 is 4.76. The molecule has 0 fully saturated rings. The molecule has 0 aliphatic heterocycles. The Bertz CT molecular complexity index is 473. The first kappa shape index (κ1) is 14.1. The van der Waals surface area contributed by atoms with Crippen LogP contribution in [-0.2, 0) is 4.74 Å². The highest BCUT2D eigenvalue weighted by Gasteiger charge is 2.11. The molecule has 0 bridgehead atoms. The van der Waals surface area contributed by atoms with Crippen molar-refractivity contribution in [2.75, 3.05) is 18.2 Å². The fourth-order valence-electron chi connectivity index (χ4n) is 1.23. The van der Waals surface area contributed by atoms with Gasteiger partial charge in [-0.3, -0.25) is 5.32 Å². The van der Waals surface area contributed by atoms with E-state index in [9.17, 15) is 9.59 Å². The Morgan fingerprint density at radius 3 is 2.83 bits per heavy atom. The average molecular weight is 267 g/mol. The third-order valence-electron chi connectivity index (χ3n) is 2.01. The molecule has 0 atom stereocenters. The number of nitrogens with one attached hydrogen (secondary N) is 1. The molecule has 1 aromatic rings. The number of amides is 1. The second-order valence-corrected chi connectivity index (χ2v) is 4.08. The van der Waals surface area contributed by atoms with Crippen molar-refractivity contribution in [3.05, 3.63) is 36.4 Å². The van der Waals surface area contributed by atoms with Crippen LogP contribution in [0.5, 0.6) is 0 Å². The molecule has 0 aliphatic rings. The van der Waals surface area contributed by atoms with Gasteiger partial charge in [0.2, 0.25) is 0 Å². The van der Waals surface area contributed by atoms with Crippen LogP contribution >= 0.6 is 11.8 Å². The molecule has 0 unspecified atom stereocenters. The summed E-state index contributed by atoms with van der Waals surface area (Å²) in [4.78, 5) is 22.8. The zero-order valence-corrected chi connectivity index (χ0v) is 10.6. The fraction of sp³-hybridized carbons (Fsp3) is 0.167. The fourth-order valence-corrected chi connectivity index (χ4v) is 1.85. The van der Waals surface area contributed by atoms with Crippen molar-refractivity contribution in [3.63, 3.8) is 0 Å². The normalized spacial score (nSPS) is 9.61. The molecule has 2 N–H and O–H groups in total. The molecule has 5 nitrogen and oxygen atoms in total. The van der Waals surface area contributed by atoms with Gasteiger partial charge >= 0.3 is 12.1 Å². The summed E-state index contributed by atoms with van der Waals surface area (Å²) in [5, 5.41) is 11.5. The third kappa shape index (κ3) is 3.81. The Labute approximate surface area is 109 Å². The Kier molecular flexibility index (Phi) is 5.26. The molecule has 1 aromatic carbocycles. The van der Waals surface area contributed by atoms with Gasteiger partial charge < -0.3 is 9.84 Å². The lowest BCUT2D eigenvalue weighted by Gasteiger charge is -2.08. The van der Waals surface area contributed by atoms with E-state index in [2.05, 4.69) is 11.9 Å². The first-order valence-electron chi connectivity index (χ1n) is 5.04. The molecule has 0 saturated carbocycles. The quantitative estimate of drug-likeness (QED) is 0.633. The van der Waals surface area contributed by atoms with Gasteiger partial charge in [0.1, 0.15) is 6.61 Å². The molecule has 0 aliphatic carbocycles. The molecule has 0 saturated heterocycles. The van der Waals surface area contributed by atoms with Crippen molar-refractivity contribution >= 4 is 29.5 Å². The number of anilines is 1. The molecule has 18 heavy (non-hydrogen) atoms. The van der Waals surface area contributed by atoms with Gasteiger partial charge in [-0.2, -0.15) is 0 Å². The summed E-state index contributed by atoms with van der Waals surface area (Å²) in [6.07, 6.45) is 2.62. The number of hydrogen-bond donors (Lipinski definition) is 2. The Hall–Kier alpha value is -1.95. The minimum atomic E-state index is -1.000. The third-order valence-corrected chi connectivity index (χ3v) is 2.79. The second kappa shape index (κ2) is 6.70. The average Bonchev–Trinajstić information content (AvgIpc) is 2.35. The summed E-state index contributed by atoms with van der Waals surface area (Å²) in [5.41, 5.74) is 0.686. The summed E-state index contributed by atoms with van der Waals surface area (Å²) in [6, 6.07) is 4.54. The van der Waals surface area contributed by atoms with Gasteiger partial charge in [-0.05, 0) is 24.5 Å². The molecule has 1 amide bonds. The van der Waals surface area contributed by atoms with Gasteiger partial charge in [0.25, 0.3) is 0 Å². The molecule has 6 heteroatoms. The number of carboxylic acid groups (broad SMARTS) is 1. The van der Waals surface area contributed by atoms with Crippen molar-refractivity contribution in [1.82, 2.24) is 0 Å². The molecular weight excluding hydrogens is 254 g/mol. The van der Waals surface area contributed by atoms with E-state index in [4.69, 9.17) is 9.84 Å². The number of carbonyl (C=O) groups excluding carboxylic acids is 1. The molecule has 96 valence electrons. The van der Waals surface area contributed by atoms with E-state index < -0.39 is 12.1 Å². The molecular formula is C12H13NO4S. The number of aromatic carboxylic acids is 1. The first-order chi connectivity index (χ1) is 8.58. The van der Waals surface area contributed by atoms with Crippen LogP contribution in [0.4, 0.5) is 10.5 Å².